The lowest BCUT2D eigenvalue weighted by atomic mass is 10.1. The fourth-order valence-corrected chi connectivity index (χ4v) is 2.59. The second-order valence-electron chi connectivity index (χ2n) is 5.89. The Bertz CT molecular complexity index is 1080. The van der Waals surface area contributed by atoms with Crippen molar-refractivity contribution in [1.82, 2.24) is 4.98 Å². The Balaban J connectivity index is 1.78. The molecule has 0 radical (unpaired) electrons. The number of carbonyl (C=O) groups excluding carboxylic acids is 2. The minimum atomic E-state index is -0.659. The third kappa shape index (κ3) is 4.83. The van der Waals surface area contributed by atoms with Crippen molar-refractivity contribution in [2.24, 2.45) is 0 Å². The van der Waals surface area contributed by atoms with Crippen molar-refractivity contribution in [1.29, 1.82) is 0 Å². The molecule has 0 saturated heterocycles. The molecule has 0 aliphatic rings. The first kappa shape index (κ1) is 19.7. The number of nitro benzene ring substituents is 1. The van der Waals surface area contributed by atoms with Crippen LogP contribution in [0.2, 0.25) is 0 Å². The highest BCUT2D eigenvalue weighted by atomic mass is 16.6. The van der Waals surface area contributed by atoms with E-state index in [2.05, 4.69) is 10.3 Å². The van der Waals surface area contributed by atoms with Gasteiger partial charge in [0.25, 0.3) is 11.6 Å². The van der Waals surface area contributed by atoms with Crippen LogP contribution in [0.25, 0.3) is 10.9 Å². The van der Waals surface area contributed by atoms with Crippen LogP contribution in [-0.2, 0) is 9.53 Å². The zero-order valence-electron chi connectivity index (χ0n) is 15.5. The van der Waals surface area contributed by atoms with Gasteiger partial charge in [0, 0.05) is 11.5 Å². The SMILES string of the molecule is CCOC(=O)c1nc2ccccc2cc1NC(=O)COc1cccc([N+](=O)[O-])c1. The fraction of sp³-hybridized carbons (Fsp3) is 0.150. The summed E-state index contributed by atoms with van der Waals surface area (Å²) >= 11 is 0. The van der Waals surface area contributed by atoms with Crippen molar-refractivity contribution in [2.45, 2.75) is 6.92 Å². The van der Waals surface area contributed by atoms with Crippen LogP contribution in [-0.4, -0.2) is 35.0 Å². The summed E-state index contributed by atoms with van der Waals surface area (Å²) in [5.74, 6) is -1.04. The van der Waals surface area contributed by atoms with Gasteiger partial charge in [-0.05, 0) is 25.1 Å². The number of hydrogen-bond donors (Lipinski definition) is 1. The number of benzene rings is 2. The van der Waals surface area contributed by atoms with E-state index in [1.54, 1.807) is 31.2 Å². The first-order valence-electron chi connectivity index (χ1n) is 8.72. The summed E-state index contributed by atoms with van der Waals surface area (Å²) in [5.41, 5.74) is 0.608. The minimum absolute atomic E-state index is 0.0192. The van der Waals surface area contributed by atoms with Gasteiger partial charge in [0.05, 0.1) is 28.8 Å². The average molecular weight is 395 g/mol. The Hall–Kier alpha value is -4.01. The Labute approximate surface area is 165 Å². The van der Waals surface area contributed by atoms with Gasteiger partial charge in [0.2, 0.25) is 0 Å². The van der Waals surface area contributed by atoms with Gasteiger partial charge < -0.3 is 14.8 Å². The van der Waals surface area contributed by atoms with E-state index in [-0.39, 0.29) is 29.4 Å². The maximum Gasteiger partial charge on any atom is 0.359 e. The van der Waals surface area contributed by atoms with Gasteiger partial charge in [-0.3, -0.25) is 14.9 Å². The predicted molar refractivity (Wildman–Crippen MR) is 105 cm³/mol. The molecule has 9 nitrogen and oxygen atoms in total. The molecule has 2 aromatic carbocycles. The Morgan fingerprint density at radius 2 is 1.93 bits per heavy atom. The monoisotopic (exact) mass is 395 g/mol. The van der Waals surface area contributed by atoms with Crippen molar-refractivity contribution >= 4 is 34.2 Å². The number of nitrogens with one attached hydrogen (secondary N) is 1. The number of nitrogens with zero attached hydrogens (tertiary/aromatic N) is 2. The molecule has 148 valence electrons. The van der Waals surface area contributed by atoms with Crippen molar-refractivity contribution in [3.05, 3.63) is 70.4 Å². The largest absolute Gasteiger partial charge is 0.484 e. The summed E-state index contributed by atoms with van der Waals surface area (Å²) < 4.78 is 10.3. The molecular formula is C20H17N3O6. The lowest BCUT2D eigenvalue weighted by Gasteiger charge is -2.12. The van der Waals surface area contributed by atoms with Crippen molar-refractivity contribution in [2.75, 3.05) is 18.5 Å². The molecule has 1 aromatic heterocycles. The third-order valence-electron chi connectivity index (χ3n) is 3.87. The summed E-state index contributed by atoms with van der Waals surface area (Å²) in [6, 6.07) is 14.3. The molecule has 3 aromatic rings. The number of non-ortho nitro benzene ring substituents is 1. The van der Waals surface area contributed by atoms with Gasteiger partial charge in [0.15, 0.2) is 12.3 Å². The maximum absolute atomic E-state index is 12.3. The molecule has 1 N–H and O–H groups in total. The zero-order chi connectivity index (χ0) is 20.8. The molecule has 0 spiro atoms. The molecule has 9 heteroatoms. The highest BCUT2D eigenvalue weighted by molar-refractivity contribution is 6.03. The minimum Gasteiger partial charge on any atom is -0.484 e. The fourth-order valence-electron chi connectivity index (χ4n) is 2.59. The molecule has 0 bridgehead atoms. The van der Waals surface area contributed by atoms with Gasteiger partial charge >= 0.3 is 5.97 Å². The van der Waals surface area contributed by atoms with E-state index < -0.39 is 23.4 Å². The third-order valence-corrected chi connectivity index (χ3v) is 3.87. The molecule has 1 heterocycles. The summed E-state index contributed by atoms with van der Waals surface area (Å²) in [5, 5.41) is 14.1. The van der Waals surface area contributed by atoms with E-state index >= 15 is 0 Å². The smallest absolute Gasteiger partial charge is 0.359 e. The average Bonchev–Trinajstić information content (AvgIpc) is 2.72. The molecule has 0 aliphatic carbocycles. The summed E-state index contributed by atoms with van der Waals surface area (Å²) in [6.45, 7) is 1.43. The van der Waals surface area contributed by atoms with Crippen molar-refractivity contribution in [3.63, 3.8) is 0 Å². The molecule has 3 rings (SSSR count). The maximum atomic E-state index is 12.3. The number of aromatic nitrogens is 1. The highest BCUT2D eigenvalue weighted by Gasteiger charge is 2.18. The number of hydrogen-bond acceptors (Lipinski definition) is 7. The van der Waals surface area contributed by atoms with Gasteiger partial charge in [-0.15, -0.1) is 0 Å². The first-order valence-corrected chi connectivity index (χ1v) is 8.72. The van der Waals surface area contributed by atoms with Crippen LogP contribution in [0.3, 0.4) is 0 Å². The highest BCUT2D eigenvalue weighted by Crippen LogP contribution is 2.22. The first-order chi connectivity index (χ1) is 14.0. The number of fused-ring (bicyclic) bond motifs is 1. The Kier molecular flexibility index (Phi) is 5.98. The van der Waals surface area contributed by atoms with Crippen molar-refractivity contribution in [3.8, 4) is 5.75 Å². The number of anilines is 1. The molecule has 0 fully saturated rings. The molecule has 0 saturated carbocycles. The topological polar surface area (TPSA) is 121 Å². The Morgan fingerprint density at radius 1 is 1.14 bits per heavy atom. The summed E-state index contributed by atoms with van der Waals surface area (Å²) in [4.78, 5) is 39.1. The molecule has 0 atom stereocenters. The van der Waals surface area contributed by atoms with Crippen LogP contribution in [0.15, 0.2) is 54.6 Å². The van der Waals surface area contributed by atoms with E-state index in [9.17, 15) is 19.7 Å². The van der Waals surface area contributed by atoms with Crippen LogP contribution >= 0.6 is 0 Å². The number of esters is 1. The second kappa shape index (κ2) is 8.79. The van der Waals surface area contributed by atoms with Gasteiger partial charge in [-0.25, -0.2) is 9.78 Å². The van der Waals surface area contributed by atoms with Crippen LogP contribution in [0.1, 0.15) is 17.4 Å². The van der Waals surface area contributed by atoms with Crippen LogP contribution in [0, 0.1) is 10.1 Å². The van der Waals surface area contributed by atoms with Crippen LogP contribution in [0.5, 0.6) is 5.75 Å². The van der Waals surface area contributed by atoms with Crippen molar-refractivity contribution < 1.29 is 24.0 Å². The molecular weight excluding hydrogens is 378 g/mol. The normalized spacial score (nSPS) is 10.4. The zero-order valence-corrected chi connectivity index (χ0v) is 15.5. The summed E-state index contributed by atoms with van der Waals surface area (Å²) in [7, 11) is 0. The van der Waals surface area contributed by atoms with Crippen LogP contribution in [0.4, 0.5) is 11.4 Å². The van der Waals surface area contributed by atoms with E-state index in [0.29, 0.717) is 5.52 Å². The molecule has 29 heavy (non-hydrogen) atoms. The molecule has 0 aliphatic heterocycles. The van der Waals surface area contributed by atoms with Gasteiger partial charge in [0.1, 0.15) is 5.75 Å². The lowest BCUT2D eigenvalue weighted by Crippen LogP contribution is -2.22. The number of rotatable bonds is 7. The second-order valence-corrected chi connectivity index (χ2v) is 5.89. The summed E-state index contributed by atoms with van der Waals surface area (Å²) in [6.07, 6.45) is 0. The molecule has 1 amide bonds. The number of ether oxygens (including phenoxy) is 2. The molecule has 0 unspecified atom stereocenters. The lowest BCUT2D eigenvalue weighted by molar-refractivity contribution is -0.384. The number of nitro groups is 1. The van der Waals surface area contributed by atoms with E-state index in [1.165, 1.54) is 24.3 Å². The number of pyridine rings is 1. The Morgan fingerprint density at radius 3 is 2.69 bits per heavy atom. The van der Waals surface area contributed by atoms with Crippen LogP contribution < -0.4 is 10.1 Å². The van der Waals surface area contributed by atoms with Gasteiger partial charge in [-0.2, -0.15) is 0 Å². The van der Waals surface area contributed by atoms with E-state index in [1.807, 2.05) is 6.07 Å². The standard InChI is InChI=1S/C20H17N3O6/c1-2-28-20(25)19-17(10-13-6-3-4-9-16(13)22-19)21-18(24)12-29-15-8-5-7-14(11-15)23(26)27/h3-11H,2,12H2,1H3,(H,21,24). The number of amides is 1. The predicted octanol–water partition coefficient (Wildman–Crippen LogP) is 3.34. The quantitative estimate of drug-likeness (QED) is 0.370. The van der Waals surface area contributed by atoms with E-state index in [4.69, 9.17) is 9.47 Å². The number of carbonyl (C=O) groups is 2. The van der Waals surface area contributed by atoms with Gasteiger partial charge in [-0.1, -0.05) is 24.3 Å². The number of para-hydroxylation sites is 1. The van der Waals surface area contributed by atoms with E-state index in [0.717, 1.165) is 5.39 Å².